The Labute approximate surface area is 119 Å². The second-order valence-corrected chi connectivity index (χ2v) is 4.72. The summed E-state index contributed by atoms with van der Waals surface area (Å²) in [7, 11) is 3.75. The van der Waals surface area contributed by atoms with Crippen molar-refractivity contribution in [2.45, 2.75) is 19.9 Å². The van der Waals surface area contributed by atoms with Crippen LogP contribution >= 0.6 is 0 Å². The van der Waals surface area contributed by atoms with Gasteiger partial charge in [-0.15, -0.1) is 0 Å². The van der Waals surface area contributed by atoms with Crippen molar-refractivity contribution in [2.75, 3.05) is 19.0 Å². The number of para-hydroxylation sites is 1. The lowest BCUT2D eigenvalue weighted by molar-refractivity contribution is 0.627. The van der Waals surface area contributed by atoms with Crippen LogP contribution in [0.2, 0.25) is 0 Å². The second-order valence-electron chi connectivity index (χ2n) is 4.72. The van der Waals surface area contributed by atoms with E-state index in [1.54, 1.807) is 17.0 Å². The number of anilines is 2. The van der Waals surface area contributed by atoms with Gasteiger partial charge in [0.05, 0.1) is 5.69 Å². The first-order chi connectivity index (χ1) is 9.65. The summed E-state index contributed by atoms with van der Waals surface area (Å²) in [6, 6.07) is 10.8. The molecule has 0 amide bonds. The monoisotopic (exact) mass is 273 g/mol. The highest BCUT2D eigenvalue weighted by Gasteiger charge is 2.11. The molecule has 106 valence electrons. The lowest BCUT2D eigenvalue weighted by atomic mass is 10.2. The number of benzene rings is 1. The fraction of sp³-hybridized carbons (Fsp3) is 0.312. The van der Waals surface area contributed by atoms with E-state index < -0.39 is 0 Å². The van der Waals surface area contributed by atoms with E-state index in [1.807, 2.05) is 26.2 Å². The van der Waals surface area contributed by atoms with Gasteiger partial charge in [0.1, 0.15) is 11.6 Å². The minimum absolute atomic E-state index is 0.242. The van der Waals surface area contributed by atoms with Gasteiger partial charge in [0.2, 0.25) is 0 Å². The molecule has 0 aliphatic heterocycles. The molecular formula is C16H20FN3. The molecule has 0 spiro atoms. The molecule has 0 aliphatic rings. The molecule has 2 rings (SSSR count). The standard InChI is InChI=1S/C16H20FN3/c1-4-13-9-12(11-18-2)10-16(19-13)20(3)15-8-6-5-7-14(15)17/h5-10,18H,4,11H2,1-3H3. The van der Waals surface area contributed by atoms with E-state index in [4.69, 9.17) is 0 Å². The molecule has 0 aliphatic carbocycles. The van der Waals surface area contributed by atoms with Crippen molar-refractivity contribution in [3.63, 3.8) is 0 Å². The van der Waals surface area contributed by atoms with Gasteiger partial charge in [0.25, 0.3) is 0 Å². The number of nitrogens with one attached hydrogen (secondary N) is 1. The van der Waals surface area contributed by atoms with Crippen molar-refractivity contribution in [3.05, 3.63) is 53.5 Å². The summed E-state index contributed by atoms with van der Waals surface area (Å²) < 4.78 is 13.9. The van der Waals surface area contributed by atoms with Crippen LogP contribution in [-0.2, 0) is 13.0 Å². The third-order valence-electron chi connectivity index (χ3n) is 3.23. The highest BCUT2D eigenvalue weighted by Crippen LogP contribution is 2.25. The normalized spacial score (nSPS) is 10.6. The van der Waals surface area contributed by atoms with E-state index in [0.717, 1.165) is 30.0 Å². The van der Waals surface area contributed by atoms with Gasteiger partial charge in [-0.05, 0) is 43.3 Å². The third kappa shape index (κ3) is 3.14. The Bertz CT molecular complexity index is 584. The molecular weight excluding hydrogens is 253 g/mol. The van der Waals surface area contributed by atoms with Gasteiger partial charge in [-0.3, -0.25) is 0 Å². The van der Waals surface area contributed by atoms with Crippen LogP contribution in [0.15, 0.2) is 36.4 Å². The zero-order chi connectivity index (χ0) is 14.5. The van der Waals surface area contributed by atoms with Crippen LogP contribution in [0.3, 0.4) is 0 Å². The molecule has 0 saturated carbocycles. The summed E-state index contributed by atoms with van der Waals surface area (Å²) in [6.45, 7) is 2.84. The minimum atomic E-state index is -0.242. The number of hydrogen-bond acceptors (Lipinski definition) is 3. The van der Waals surface area contributed by atoms with Crippen LogP contribution < -0.4 is 10.2 Å². The summed E-state index contributed by atoms with van der Waals surface area (Å²) >= 11 is 0. The number of rotatable bonds is 5. The Balaban J connectivity index is 2.40. The maximum atomic E-state index is 13.9. The van der Waals surface area contributed by atoms with Crippen molar-refractivity contribution >= 4 is 11.5 Å². The van der Waals surface area contributed by atoms with E-state index >= 15 is 0 Å². The molecule has 20 heavy (non-hydrogen) atoms. The topological polar surface area (TPSA) is 28.2 Å². The minimum Gasteiger partial charge on any atom is -0.327 e. The summed E-state index contributed by atoms with van der Waals surface area (Å²) in [5.41, 5.74) is 2.69. The van der Waals surface area contributed by atoms with Crippen molar-refractivity contribution in [1.82, 2.24) is 10.3 Å². The molecule has 1 aromatic heterocycles. The van der Waals surface area contributed by atoms with Gasteiger partial charge in [-0.1, -0.05) is 19.1 Å². The fourth-order valence-corrected chi connectivity index (χ4v) is 2.14. The zero-order valence-corrected chi connectivity index (χ0v) is 12.2. The van der Waals surface area contributed by atoms with Crippen molar-refractivity contribution < 1.29 is 4.39 Å². The van der Waals surface area contributed by atoms with Crippen LogP contribution in [0.5, 0.6) is 0 Å². The molecule has 0 unspecified atom stereocenters. The lowest BCUT2D eigenvalue weighted by Crippen LogP contribution is -2.15. The van der Waals surface area contributed by atoms with E-state index in [-0.39, 0.29) is 5.82 Å². The SMILES string of the molecule is CCc1cc(CNC)cc(N(C)c2ccccc2F)n1. The van der Waals surface area contributed by atoms with Gasteiger partial charge in [0, 0.05) is 19.3 Å². The summed E-state index contributed by atoms with van der Waals surface area (Å²) in [4.78, 5) is 6.37. The van der Waals surface area contributed by atoms with E-state index in [9.17, 15) is 4.39 Å². The maximum Gasteiger partial charge on any atom is 0.146 e. The number of hydrogen-bond donors (Lipinski definition) is 1. The van der Waals surface area contributed by atoms with Gasteiger partial charge < -0.3 is 10.2 Å². The van der Waals surface area contributed by atoms with Crippen molar-refractivity contribution in [3.8, 4) is 0 Å². The summed E-state index contributed by atoms with van der Waals surface area (Å²) in [5, 5.41) is 3.13. The smallest absolute Gasteiger partial charge is 0.146 e. The van der Waals surface area contributed by atoms with Gasteiger partial charge >= 0.3 is 0 Å². The van der Waals surface area contributed by atoms with Crippen LogP contribution in [-0.4, -0.2) is 19.1 Å². The van der Waals surface area contributed by atoms with Gasteiger partial charge in [-0.2, -0.15) is 0 Å². The number of nitrogens with zero attached hydrogens (tertiary/aromatic N) is 2. The molecule has 0 saturated heterocycles. The first kappa shape index (κ1) is 14.5. The van der Waals surface area contributed by atoms with Gasteiger partial charge in [0.15, 0.2) is 0 Å². The third-order valence-corrected chi connectivity index (χ3v) is 3.23. The maximum absolute atomic E-state index is 13.9. The van der Waals surface area contributed by atoms with Crippen molar-refractivity contribution in [2.24, 2.45) is 0 Å². The van der Waals surface area contributed by atoms with E-state index in [2.05, 4.69) is 23.3 Å². The van der Waals surface area contributed by atoms with E-state index in [1.165, 1.54) is 6.07 Å². The molecule has 2 aromatic rings. The van der Waals surface area contributed by atoms with Crippen LogP contribution in [0.1, 0.15) is 18.2 Å². The first-order valence-electron chi connectivity index (χ1n) is 6.78. The second kappa shape index (κ2) is 6.48. The lowest BCUT2D eigenvalue weighted by Gasteiger charge is -2.20. The predicted octanol–water partition coefficient (Wildman–Crippen LogP) is 3.27. The van der Waals surface area contributed by atoms with E-state index in [0.29, 0.717) is 5.69 Å². The molecule has 0 atom stereocenters. The number of aromatic nitrogens is 1. The molecule has 1 aromatic carbocycles. The molecule has 4 heteroatoms. The molecule has 0 bridgehead atoms. The average molecular weight is 273 g/mol. The Kier molecular flexibility index (Phi) is 4.69. The van der Waals surface area contributed by atoms with Crippen LogP contribution in [0.25, 0.3) is 0 Å². The Hall–Kier alpha value is -1.94. The van der Waals surface area contributed by atoms with Crippen LogP contribution in [0, 0.1) is 5.82 Å². The Morgan fingerprint density at radius 1 is 1.25 bits per heavy atom. The average Bonchev–Trinajstić information content (AvgIpc) is 2.47. The quantitative estimate of drug-likeness (QED) is 0.906. The molecule has 1 heterocycles. The first-order valence-corrected chi connectivity index (χ1v) is 6.78. The fourth-order valence-electron chi connectivity index (χ4n) is 2.14. The summed E-state index contributed by atoms with van der Waals surface area (Å²) in [5.74, 6) is 0.522. The molecule has 0 fully saturated rings. The zero-order valence-electron chi connectivity index (χ0n) is 12.2. The largest absolute Gasteiger partial charge is 0.327 e. The number of aryl methyl sites for hydroxylation is 1. The molecule has 1 N–H and O–H groups in total. The number of pyridine rings is 1. The molecule has 3 nitrogen and oxygen atoms in total. The van der Waals surface area contributed by atoms with Gasteiger partial charge in [-0.25, -0.2) is 9.37 Å². The highest BCUT2D eigenvalue weighted by atomic mass is 19.1. The summed E-state index contributed by atoms with van der Waals surface area (Å²) in [6.07, 6.45) is 0.857. The number of halogens is 1. The Morgan fingerprint density at radius 3 is 2.65 bits per heavy atom. The van der Waals surface area contributed by atoms with Crippen LogP contribution in [0.4, 0.5) is 15.9 Å². The predicted molar refractivity (Wildman–Crippen MR) is 80.8 cm³/mol. The Morgan fingerprint density at radius 2 is 2.00 bits per heavy atom. The molecule has 0 radical (unpaired) electrons. The highest BCUT2D eigenvalue weighted by molar-refractivity contribution is 5.60. The van der Waals surface area contributed by atoms with Crippen molar-refractivity contribution in [1.29, 1.82) is 0 Å².